The minimum atomic E-state index is -3.59. The van der Waals surface area contributed by atoms with Crippen LogP contribution in [-0.4, -0.2) is 40.6 Å². The number of aliphatic carboxylic acids is 1. The topological polar surface area (TPSA) is 74.7 Å². The lowest BCUT2D eigenvalue weighted by atomic mass is 9.88. The number of carboxylic acid groups (broad SMARTS) is 1. The van der Waals surface area contributed by atoms with Crippen LogP contribution in [0.25, 0.3) is 0 Å². The first-order valence-corrected chi connectivity index (χ1v) is 7.53. The van der Waals surface area contributed by atoms with E-state index in [1.807, 2.05) is 39.8 Å². The lowest BCUT2D eigenvalue weighted by molar-refractivity contribution is -0.136. The Labute approximate surface area is 109 Å². The molecule has 1 rings (SSSR count). The lowest BCUT2D eigenvalue weighted by Gasteiger charge is -2.48. The maximum absolute atomic E-state index is 12.3. The van der Waals surface area contributed by atoms with E-state index in [9.17, 15) is 13.2 Å². The molecule has 1 N–H and O–H groups in total. The Bertz CT molecular complexity index is 462. The van der Waals surface area contributed by atoms with Gasteiger partial charge in [-0.3, -0.25) is 4.79 Å². The van der Waals surface area contributed by atoms with Gasteiger partial charge >= 0.3 is 5.97 Å². The Balaban J connectivity index is 3.11. The average molecular weight is 275 g/mol. The molecule has 1 aliphatic heterocycles. The second-order valence-electron chi connectivity index (χ2n) is 5.80. The van der Waals surface area contributed by atoms with Crippen molar-refractivity contribution in [2.24, 2.45) is 0 Å². The minimum absolute atomic E-state index is 0.358. The SMILES string of the molecule is CC1(C)C=CCC(C)(C)N1S(=O)(=O)CCC(=O)O. The zero-order valence-corrected chi connectivity index (χ0v) is 12.1. The molecule has 0 aromatic heterocycles. The van der Waals surface area contributed by atoms with Crippen molar-refractivity contribution in [2.45, 2.75) is 51.6 Å². The third-order valence-corrected chi connectivity index (χ3v) is 5.31. The van der Waals surface area contributed by atoms with Crippen LogP contribution in [0.5, 0.6) is 0 Å². The van der Waals surface area contributed by atoms with Gasteiger partial charge in [0.15, 0.2) is 0 Å². The molecule has 0 bridgehead atoms. The number of carbonyl (C=O) groups is 1. The molecule has 0 spiro atoms. The zero-order chi connectivity index (χ0) is 14.2. The monoisotopic (exact) mass is 275 g/mol. The number of hydrogen-bond acceptors (Lipinski definition) is 3. The van der Waals surface area contributed by atoms with E-state index in [-0.39, 0.29) is 12.2 Å². The van der Waals surface area contributed by atoms with Gasteiger partial charge in [0.25, 0.3) is 0 Å². The van der Waals surface area contributed by atoms with E-state index in [0.717, 1.165) is 0 Å². The fourth-order valence-electron chi connectivity index (χ4n) is 2.61. The summed E-state index contributed by atoms with van der Waals surface area (Å²) in [5.74, 6) is -1.45. The Kier molecular flexibility index (Phi) is 3.93. The van der Waals surface area contributed by atoms with E-state index < -0.39 is 27.1 Å². The molecule has 18 heavy (non-hydrogen) atoms. The summed E-state index contributed by atoms with van der Waals surface area (Å²) >= 11 is 0. The smallest absolute Gasteiger partial charge is 0.304 e. The molecule has 0 aromatic rings. The molecule has 0 atom stereocenters. The number of nitrogens with zero attached hydrogens (tertiary/aromatic N) is 1. The van der Waals surface area contributed by atoms with Crippen molar-refractivity contribution in [1.29, 1.82) is 0 Å². The van der Waals surface area contributed by atoms with E-state index in [1.165, 1.54) is 4.31 Å². The summed E-state index contributed by atoms with van der Waals surface area (Å²) in [5.41, 5.74) is -1.16. The third-order valence-electron chi connectivity index (χ3n) is 3.07. The van der Waals surface area contributed by atoms with Gasteiger partial charge in [0.1, 0.15) is 0 Å². The van der Waals surface area contributed by atoms with Gasteiger partial charge in [0, 0.05) is 11.1 Å². The first-order valence-electron chi connectivity index (χ1n) is 5.92. The Morgan fingerprint density at radius 2 is 1.89 bits per heavy atom. The van der Waals surface area contributed by atoms with Crippen LogP contribution in [0.1, 0.15) is 40.5 Å². The molecule has 0 amide bonds. The van der Waals surface area contributed by atoms with Crippen molar-refractivity contribution in [3.05, 3.63) is 12.2 Å². The molecule has 0 fully saturated rings. The normalized spacial score (nSPS) is 22.9. The highest BCUT2D eigenvalue weighted by atomic mass is 32.2. The molecular formula is C12H21NO4S. The third kappa shape index (κ3) is 3.11. The largest absolute Gasteiger partial charge is 0.481 e. The van der Waals surface area contributed by atoms with Gasteiger partial charge in [0.2, 0.25) is 10.0 Å². The predicted molar refractivity (Wildman–Crippen MR) is 69.8 cm³/mol. The number of sulfonamides is 1. The van der Waals surface area contributed by atoms with Crippen LogP contribution in [0, 0.1) is 0 Å². The number of rotatable bonds is 4. The van der Waals surface area contributed by atoms with E-state index in [0.29, 0.717) is 6.42 Å². The van der Waals surface area contributed by atoms with Gasteiger partial charge in [0.05, 0.1) is 12.2 Å². The second-order valence-corrected chi connectivity index (χ2v) is 7.73. The van der Waals surface area contributed by atoms with Crippen LogP contribution in [0.15, 0.2) is 12.2 Å². The molecule has 0 unspecified atom stereocenters. The van der Waals surface area contributed by atoms with Crippen molar-refractivity contribution in [1.82, 2.24) is 4.31 Å². The highest BCUT2D eigenvalue weighted by Crippen LogP contribution is 2.36. The Hall–Kier alpha value is -0.880. The number of carboxylic acids is 1. The molecule has 1 aliphatic rings. The Morgan fingerprint density at radius 3 is 2.33 bits per heavy atom. The van der Waals surface area contributed by atoms with Crippen molar-refractivity contribution in [3.8, 4) is 0 Å². The van der Waals surface area contributed by atoms with Gasteiger partial charge in [-0.25, -0.2) is 8.42 Å². The zero-order valence-electron chi connectivity index (χ0n) is 11.3. The summed E-state index contributed by atoms with van der Waals surface area (Å²) in [6.07, 6.45) is 4.09. The summed E-state index contributed by atoms with van der Waals surface area (Å²) in [5, 5.41) is 8.64. The average Bonchev–Trinajstić information content (AvgIpc) is 2.11. The molecular weight excluding hydrogens is 254 g/mol. The van der Waals surface area contributed by atoms with Gasteiger partial charge in [-0.15, -0.1) is 0 Å². The summed E-state index contributed by atoms with van der Waals surface area (Å²) in [7, 11) is -3.59. The predicted octanol–water partition coefficient (Wildman–Crippen LogP) is 1.61. The van der Waals surface area contributed by atoms with E-state index in [2.05, 4.69) is 0 Å². The fourth-order valence-corrected chi connectivity index (χ4v) is 4.83. The van der Waals surface area contributed by atoms with Crippen molar-refractivity contribution >= 4 is 16.0 Å². The van der Waals surface area contributed by atoms with Gasteiger partial charge in [-0.1, -0.05) is 12.2 Å². The fraction of sp³-hybridized carbons (Fsp3) is 0.750. The van der Waals surface area contributed by atoms with Crippen LogP contribution >= 0.6 is 0 Å². The first-order chi connectivity index (χ1) is 7.99. The first kappa shape index (κ1) is 15.2. The van der Waals surface area contributed by atoms with Crippen LogP contribution in [0.4, 0.5) is 0 Å². The van der Waals surface area contributed by atoms with Crippen LogP contribution in [-0.2, 0) is 14.8 Å². The van der Waals surface area contributed by atoms with Crippen molar-refractivity contribution in [2.75, 3.05) is 5.75 Å². The quantitative estimate of drug-likeness (QED) is 0.791. The lowest BCUT2D eigenvalue weighted by Crippen LogP contribution is -2.59. The summed E-state index contributed by atoms with van der Waals surface area (Å²) in [6, 6.07) is 0. The highest BCUT2D eigenvalue weighted by Gasteiger charge is 2.45. The molecule has 0 saturated heterocycles. The van der Waals surface area contributed by atoms with E-state index in [1.54, 1.807) is 0 Å². The second kappa shape index (κ2) is 4.66. The highest BCUT2D eigenvalue weighted by molar-refractivity contribution is 7.89. The molecule has 1 heterocycles. The molecule has 6 heteroatoms. The summed E-state index contributed by atoms with van der Waals surface area (Å²) in [4.78, 5) is 10.6. The standard InChI is InChI=1S/C12H21NO4S/c1-11(2)7-5-8-12(3,4)13(11)18(16,17)9-6-10(14)15/h5,7H,6,8-9H2,1-4H3,(H,14,15). The summed E-state index contributed by atoms with van der Waals surface area (Å²) < 4.78 is 26.1. The molecule has 0 saturated carbocycles. The molecule has 5 nitrogen and oxygen atoms in total. The maximum atomic E-state index is 12.3. The molecule has 0 radical (unpaired) electrons. The van der Waals surface area contributed by atoms with Crippen LogP contribution in [0.3, 0.4) is 0 Å². The van der Waals surface area contributed by atoms with Crippen molar-refractivity contribution < 1.29 is 18.3 Å². The molecule has 0 aliphatic carbocycles. The molecule has 0 aromatic carbocycles. The maximum Gasteiger partial charge on any atom is 0.304 e. The molecule has 104 valence electrons. The van der Waals surface area contributed by atoms with E-state index >= 15 is 0 Å². The number of hydrogen-bond donors (Lipinski definition) is 1. The summed E-state index contributed by atoms with van der Waals surface area (Å²) in [6.45, 7) is 7.36. The van der Waals surface area contributed by atoms with Gasteiger partial charge < -0.3 is 5.11 Å². The van der Waals surface area contributed by atoms with Crippen LogP contribution < -0.4 is 0 Å². The van der Waals surface area contributed by atoms with Gasteiger partial charge in [-0.05, 0) is 34.1 Å². The van der Waals surface area contributed by atoms with E-state index in [4.69, 9.17) is 5.11 Å². The Morgan fingerprint density at radius 1 is 1.33 bits per heavy atom. The van der Waals surface area contributed by atoms with Crippen LogP contribution in [0.2, 0.25) is 0 Å². The van der Waals surface area contributed by atoms with Crippen molar-refractivity contribution in [3.63, 3.8) is 0 Å². The minimum Gasteiger partial charge on any atom is -0.481 e. The van der Waals surface area contributed by atoms with Gasteiger partial charge in [-0.2, -0.15) is 4.31 Å².